The van der Waals surface area contributed by atoms with Gasteiger partial charge >= 0.3 is 6.18 Å². The Morgan fingerprint density at radius 3 is 2.48 bits per heavy atom. The molecule has 0 amide bonds. The average molecular weight is 397 g/mol. The van der Waals surface area contributed by atoms with Crippen LogP contribution in [0.4, 0.5) is 13.2 Å². The second-order valence-corrected chi connectivity index (χ2v) is 7.92. The lowest BCUT2D eigenvalue weighted by Crippen LogP contribution is -2.25. The number of aromatic nitrogens is 2. The van der Waals surface area contributed by atoms with Crippen molar-refractivity contribution in [3.05, 3.63) is 64.6 Å². The number of sulfonamides is 1. The van der Waals surface area contributed by atoms with Gasteiger partial charge in [0.15, 0.2) is 0 Å². The second-order valence-electron chi connectivity index (χ2n) is 6.27. The molecule has 0 bridgehead atoms. The molecule has 1 fully saturated rings. The van der Waals surface area contributed by atoms with Gasteiger partial charge in [0, 0.05) is 30.0 Å². The molecule has 27 heavy (non-hydrogen) atoms. The molecular weight excluding hydrogens is 379 g/mol. The van der Waals surface area contributed by atoms with Crippen molar-refractivity contribution in [2.24, 2.45) is 0 Å². The molecule has 0 aliphatic heterocycles. The van der Waals surface area contributed by atoms with Crippen molar-refractivity contribution in [1.29, 1.82) is 0 Å². The van der Waals surface area contributed by atoms with E-state index in [0.717, 1.165) is 29.9 Å². The molecule has 1 aromatic heterocycles. The monoisotopic (exact) mass is 397 g/mol. The molecule has 0 spiro atoms. The van der Waals surface area contributed by atoms with Crippen molar-refractivity contribution in [2.45, 2.75) is 31.4 Å². The van der Waals surface area contributed by atoms with Gasteiger partial charge < -0.3 is 0 Å². The number of rotatable bonds is 7. The largest absolute Gasteiger partial charge is 0.433 e. The van der Waals surface area contributed by atoms with E-state index in [4.69, 9.17) is 0 Å². The first-order valence-corrected chi connectivity index (χ1v) is 9.95. The minimum atomic E-state index is -4.56. The molecule has 3 rings (SSSR count). The van der Waals surface area contributed by atoms with Crippen LogP contribution in [0.5, 0.6) is 0 Å². The molecule has 2 aromatic rings. The summed E-state index contributed by atoms with van der Waals surface area (Å²) in [5.74, 6) is 0.0276. The molecule has 1 saturated carbocycles. The fraction of sp³-hybridized carbons (Fsp3) is 0.333. The fourth-order valence-electron chi connectivity index (χ4n) is 2.45. The molecule has 0 saturated heterocycles. The first kappa shape index (κ1) is 19.5. The summed E-state index contributed by atoms with van der Waals surface area (Å²) >= 11 is 0. The van der Waals surface area contributed by atoms with Crippen LogP contribution in [-0.4, -0.2) is 24.9 Å². The normalized spacial score (nSPS) is 15.4. The molecule has 1 heterocycles. The van der Waals surface area contributed by atoms with E-state index in [0.29, 0.717) is 5.69 Å². The summed E-state index contributed by atoms with van der Waals surface area (Å²) in [7, 11) is -3.71. The van der Waals surface area contributed by atoms with Crippen molar-refractivity contribution >= 4 is 16.1 Å². The van der Waals surface area contributed by atoms with Crippen LogP contribution in [-0.2, 0) is 22.6 Å². The molecule has 1 aromatic carbocycles. The molecule has 1 aliphatic rings. The summed E-state index contributed by atoms with van der Waals surface area (Å²) in [5, 5.41) is 1.02. The Kier molecular flexibility index (Phi) is 5.61. The number of halogens is 3. The van der Waals surface area contributed by atoms with Gasteiger partial charge in [-0.2, -0.15) is 13.2 Å². The predicted molar refractivity (Wildman–Crippen MR) is 95.1 cm³/mol. The highest BCUT2D eigenvalue weighted by molar-refractivity contribution is 7.92. The molecule has 1 aliphatic carbocycles. The van der Waals surface area contributed by atoms with E-state index in [9.17, 15) is 21.6 Å². The highest BCUT2D eigenvalue weighted by Crippen LogP contribution is 2.40. The Morgan fingerprint density at radius 1 is 1.15 bits per heavy atom. The van der Waals surface area contributed by atoms with Gasteiger partial charge in [-0.1, -0.05) is 30.3 Å². The van der Waals surface area contributed by atoms with Crippen LogP contribution in [0.25, 0.3) is 6.08 Å². The number of hydrogen-bond donors (Lipinski definition) is 1. The zero-order valence-electron chi connectivity index (χ0n) is 14.3. The number of alkyl halides is 3. The lowest BCUT2D eigenvalue weighted by molar-refractivity contribution is -0.141. The molecule has 5 nitrogen and oxygen atoms in total. The quantitative estimate of drug-likeness (QED) is 0.776. The van der Waals surface area contributed by atoms with Crippen LogP contribution in [0.2, 0.25) is 0 Å². The Labute approximate surface area is 155 Å². The summed E-state index contributed by atoms with van der Waals surface area (Å²) in [6, 6.07) is 9.86. The fourth-order valence-corrected chi connectivity index (χ4v) is 3.27. The van der Waals surface area contributed by atoms with Crippen LogP contribution in [0.1, 0.15) is 41.5 Å². The SMILES string of the molecule is O=S(=O)(/C=C/c1ccccc1)NCCc1nc(C2CC2)cc(C(F)(F)F)n1. The lowest BCUT2D eigenvalue weighted by atomic mass is 10.2. The van der Waals surface area contributed by atoms with Crippen LogP contribution in [0.15, 0.2) is 41.8 Å². The van der Waals surface area contributed by atoms with Crippen LogP contribution in [0, 0.1) is 0 Å². The van der Waals surface area contributed by atoms with Gasteiger partial charge in [-0.3, -0.25) is 0 Å². The molecule has 9 heteroatoms. The van der Waals surface area contributed by atoms with Crippen LogP contribution in [0.3, 0.4) is 0 Å². The van der Waals surface area contributed by atoms with E-state index >= 15 is 0 Å². The molecule has 144 valence electrons. The summed E-state index contributed by atoms with van der Waals surface area (Å²) in [6.07, 6.45) is -1.52. The third kappa shape index (κ3) is 5.86. The Balaban J connectivity index is 1.64. The van der Waals surface area contributed by atoms with E-state index in [2.05, 4.69) is 14.7 Å². The van der Waals surface area contributed by atoms with Crippen LogP contribution >= 0.6 is 0 Å². The van der Waals surface area contributed by atoms with Crippen molar-refractivity contribution in [1.82, 2.24) is 14.7 Å². The predicted octanol–water partition coefficient (Wildman–Crippen LogP) is 3.51. The van der Waals surface area contributed by atoms with Crippen LogP contribution < -0.4 is 4.72 Å². The summed E-state index contributed by atoms with van der Waals surface area (Å²) in [5.41, 5.74) is 0.110. The van der Waals surface area contributed by atoms with E-state index in [1.807, 2.05) is 6.07 Å². The first-order valence-electron chi connectivity index (χ1n) is 8.41. The van der Waals surface area contributed by atoms with Gasteiger partial charge in [-0.05, 0) is 30.5 Å². The average Bonchev–Trinajstić information content (AvgIpc) is 3.45. The summed E-state index contributed by atoms with van der Waals surface area (Å²) < 4.78 is 65.3. The standard InChI is InChI=1S/C18H18F3N3O2S/c19-18(20,21)16-12-15(14-6-7-14)23-17(24-16)8-10-22-27(25,26)11-9-13-4-2-1-3-5-13/h1-5,9,11-12,14,22H,6-8,10H2/b11-9+. The van der Waals surface area contributed by atoms with Gasteiger partial charge in [-0.25, -0.2) is 23.1 Å². The topological polar surface area (TPSA) is 72.0 Å². The van der Waals surface area contributed by atoms with Gasteiger partial charge in [0.25, 0.3) is 0 Å². The Bertz CT molecular complexity index is 925. The smallest absolute Gasteiger partial charge is 0.238 e. The maximum Gasteiger partial charge on any atom is 0.433 e. The number of benzene rings is 1. The van der Waals surface area contributed by atoms with Crippen molar-refractivity contribution < 1.29 is 21.6 Å². The second kappa shape index (κ2) is 7.77. The lowest BCUT2D eigenvalue weighted by Gasteiger charge is -2.10. The third-order valence-electron chi connectivity index (χ3n) is 3.97. The number of nitrogens with zero attached hydrogens (tertiary/aromatic N) is 2. The minimum Gasteiger partial charge on any atom is -0.238 e. The molecule has 0 unspecified atom stereocenters. The van der Waals surface area contributed by atoms with Crippen molar-refractivity contribution in [2.75, 3.05) is 6.54 Å². The molecule has 0 atom stereocenters. The maximum atomic E-state index is 13.0. The molecule has 0 radical (unpaired) electrons. The number of hydrogen-bond acceptors (Lipinski definition) is 4. The Hall–Kier alpha value is -2.26. The van der Waals surface area contributed by atoms with Gasteiger partial charge in [0.1, 0.15) is 11.5 Å². The first-order chi connectivity index (χ1) is 12.7. The zero-order valence-corrected chi connectivity index (χ0v) is 15.1. The molecular formula is C18H18F3N3O2S. The van der Waals surface area contributed by atoms with Gasteiger partial charge in [0.05, 0.1) is 0 Å². The highest BCUT2D eigenvalue weighted by atomic mass is 32.2. The Morgan fingerprint density at radius 2 is 1.85 bits per heavy atom. The van der Waals surface area contributed by atoms with E-state index in [1.54, 1.807) is 24.3 Å². The number of nitrogens with one attached hydrogen (secondary N) is 1. The maximum absolute atomic E-state index is 13.0. The van der Waals surface area contributed by atoms with E-state index in [-0.39, 0.29) is 24.7 Å². The van der Waals surface area contributed by atoms with Gasteiger partial charge in [-0.15, -0.1) is 0 Å². The van der Waals surface area contributed by atoms with Crippen molar-refractivity contribution in [3.8, 4) is 0 Å². The minimum absolute atomic E-state index is 0.0125. The highest BCUT2D eigenvalue weighted by Gasteiger charge is 2.35. The summed E-state index contributed by atoms with van der Waals surface area (Å²) in [4.78, 5) is 7.70. The van der Waals surface area contributed by atoms with E-state index < -0.39 is 21.9 Å². The van der Waals surface area contributed by atoms with Gasteiger partial charge in [0.2, 0.25) is 10.0 Å². The molecule has 1 N–H and O–H groups in total. The van der Waals surface area contributed by atoms with E-state index in [1.165, 1.54) is 6.08 Å². The third-order valence-corrected chi connectivity index (χ3v) is 5.07. The van der Waals surface area contributed by atoms with Crippen molar-refractivity contribution in [3.63, 3.8) is 0 Å². The zero-order chi connectivity index (χ0) is 19.5. The summed E-state index contributed by atoms with van der Waals surface area (Å²) in [6.45, 7) is -0.0904.